The first-order chi connectivity index (χ1) is 16.4. The van der Waals surface area contributed by atoms with E-state index in [1.54, 1.807) is 47.4 Å². The largest absolute Gasteiger partial charge is 0.369 e. The minimum Gasteiger partial charge on any atom is -0.369 e. The Kier molecular flexibility index (Phi) is 6.92. The number of fused-ring (bicyclic) bond motifs is 5. The first-order valence-corrected chi connectivity index (χ1v) is 14.5. The number of ether oxygens (including phenoxy) is 1. The second-order valence-electron chi connectivity index (χ2n) is 8.56. The number of ketones is 1. The van der Waals surface area contributed by atoms with Gasteiger partial charge in [-0.15, -0.1) is 21.5 Å². The van der Waals surface area contributed by atoms with Crippen LogP contribution in [0, 0.1) is 0 Å². The van der Waals surface area contributed by atoms with Crippen molar-refractivity contribution < 1.29 is 9.53 Å². The van der Waals surface area contributed by atoms with Crippen LogP contribution < -0.4 is 0 Å². The molecule has 0 N–H and O–H groups in total. The van der Waals surface area contributed by atoms with Crippen LogP contribution in [0.3, 0.4) is 0 Å². The number of carbonyl (C=O) groups is 1. The summed E-state index contributed by atoms with van der Waals surface area (Å²) in [6.45, 7) is 7.09. The Morgan fingerprint density at radius 2 is 2.00 bits per heavy atom. The Bertz CT molecular complexity index is 1370. The lowest BCUT2D eigenvalue weighted by Crippen LogP contribution is -2.33. The lowest BCUT2D eigenvalue weighted by Gasteiger charge is -2.33. The van der Waals surface area contributed by atoms with E-state index in [0.717, 1.165) is 46.0 Å². The molecule has 0 aliphatic carbocycles. The van der Waals surface area contributed by atoms with Gasteiger partial charge >= 0.3 is 0 Å². The van der Waals surface area contributed by atoms with E-state index in [4.69, 9.17) is 21.3 Å². The van der Waals surface area contributed by atoms with Crippen LogP contribution in [-0.4, -0.2) is 42.5 Å². The topological polar surface area (TPSA) is 69.4 Å². The minimum absolute atomic E-state index is 0.0268. The van der Waals surface area contributed by atoms with Crippen molar-refractivity contribution in [2.75, 3.05) is 11.5 Å². The molecule has 0 fully saturated rings. The van der Waals surface area contributed by atoms with Crippen LogP contribution in [0.2, 0.25) is 5.02 Å². The molecule has 0 saturated carbocycles. The highest BCUT2D eigenvalue weighted by atomic mass is 35.5. The molecule has 4 heterocycles. The molecule has 0 saturated heterocycles. The van der Waals surface area contributed by atoms with Crippen LogP contribution in [0.15, 0.2) is 34.6 Å². The van der Waals surface area contributed by atoms with E-state index in [9.17, 15) is 4.79 Å². The van der Waals surface area contributed by atoms with Crippen LogP contribution in [-0.2, 0) is 17.8 Å². The fourth-order valence-corrected chi connectivity index (χ4v) is 6.99. The molecule has 3 aromatic heterocycles. The average Bonchev–Trinajstić information content (AvgIpc) is 3.42. The quantitative estimate of drug-likeness (QED) is 0.142. The number of halogens is 1. The molecule has 5 rings (SSSR count). The molecule has 1 aromatic carbocycles. The third-order valence-electron chi connectivity index (χ3n) is 6.10. The van der Waals surface area contributed by atoms with Crippen molar-refractivity contribution in [2.24, 2.45) is 0 Å². The Hall–Kier alpha value is -1.65. The first-order valence-electron chi connectivity index (χ1n) is 11.3. The third kappa shape index (κ3) is 4.48. The zero-order valence-corrected chi connectivity index (χ0v) is 22.5. The second-order valence-corrected chi connectivity index (χ2v) is 12.1. The lowest BCUT2D eigenvalue weighted by molar-refractivity contribution is -0.0542. The fraction of sp³-hybridized carbons (Fsp3) is 0.417. The number of rotatable bonds is 8. The van der Waals surface area contributed by atoms with Crippen LogP contribution in [0.1, 0.15) is 54.4 Å². The number of thiophene rings is 1. The third-order valence-corrected chi connectivity index (χ3v) is 9.53. The predicted octanol–water partition coefficient (Wildman–Crippen LogP) is 6.71. The number of hydrogen-bond donors (Lipinski definition) is 0. The standard InChI is InChI=1S/C24H25ClN4O2S3/c1-4-10-32-22-26-21-19(16-11-24(3,5-2)31-12-18(16)34-21)20-27-28-23(29(20)22)33-13-17(30)14-6-8-15(25)9-7-14/h6-9H,4-5,10-13H2,1-3H3/t24-/m1/s1. The maximum Gasteiger partial charge on any atom is 0.198 e. The van der Waals surface area contributed by atoms with Crippen molar-refractivity contribution in [3.8, 4) is 0 Å². The molecule has 0 radical (unpaired) electrons. The van der Waals surface area contributed by atoms with Crippen molar-refractivity contribution in [1.82, 2.24) is 19.6 Å². The van der Waals surface area contributed by atoms with E-state index in [0.29, 0.717) is 22.3 Å². The van der Waals surface area contributed by atoms with Crippen molar-refractivity contribution >= 4 is 68.1 Å². The number of Topliss-reactive ketones (excluding diaryl/α,β-unsaturated/α-hetero) is 1. The SMILES string of the molecule is CCCSc1nc2sc3c(c2c2nnc(SCC(=O)c4ccc(Cl)cc4)n12)C[C@@](C)(CC)OC3. The molecule has 1 atom stereocenters. The van der Waals surface area contributed by atoms with Gasteiger partial charge in [-0.25, -0.2) is 9.38 Å². The summed E-state index contributed by atoms with van der Waals surface area (Å²) in [5.74, 6) is 1.24. The molecule has 178 valence electrons. The number of hydrogen-bond acceptors (Lipinski definition) is 8. The highest BCUT2D eigenvalue weighted by molar-refractivity contribution is 8.00. The van der Waals surface area contributed by atoms with Crippen LogP contribution in [0.5, 0.6) is 0 Å². The number of carbonyl (C=O) groups excluding carboxylic acids is 1. The summed E-state index contributed by atoms with van der Waals surface area (Å²) in [5.41, 5.74) is 2.55. The van der Waals surface area contributed by atoms with Gasteiger partial charge in [0.05, 0.1) is 23.3 Å². The smallest absolute Gasteiger partial charge is 0.198 e. The van der Waals surface area contributed by atoms with E-state index in [2.05, 4.69) is 31.0 Å². The summed E-state index contributed by atoms with van der Waals surface area (Å²) in [5, 5.41) is 12.4. The van der Waals surface area contributed by atoms with Crippen molar-refractivity contribution in [3.63, 3.8) is 0 Å². The van der Waals surface area contributed by atoms with E-state index in [1.807, 2.05) is 4.40 Å². The van der Waals surface area contributed by atoms with Gasteiger partial charge in [-0.3, -0.25) is 4.79 Å². The summed E-state index contributed by atoms with van der Waals surface area (Å²) >= 11 is 10.8. The van der Waals surface area contributed by atoms with Crippen molar-refractivity contribution in [3.05, 3.63) is 45.3 Å². The monoisotopic (exact) mass is 532 g/mol. The summed E-state index contributed by atoms with van der Waals surface area (Å²) in [6, 6.07) is 6.98. The molecule has 0 unspecified atom stereocenters. The molecule has 10 heteroatoms. The first kappa shape index (κ1) is 24.1. The van der Waals surface area contributed by atoms with Crippen LogP contribution in [0.25, 0.3) is 15.9 Å². The normalized spacial score (nSPS) is 18.0. The van der Waals surface area contributed by atoms with Gasteiger partial charge in [-0.05, 0) is 49.6 Å². The highest BCUT2D eigenvalue weighted by Crippen LogP contribution is 2.42. The molecule has 1 aliphatic heterocycles. The predicted molar refractivity (Wildman–Crippen MR) is 141 cm³/mol. The minimum atomic E-state index is -0.184. The van der Waals surface area contributed by atoms with Crippen LogP contribution in [0.4, 0.5) is 0 Å². The van der Waals surface area contributed by atoms with Crippen molar-refractivity contribution in [2.45, 2.75) is 62.6 Å². The van der Waals surface area contributed by atoms with Gasteiger partial charge in [0.2, 0.25) is 0 Å². The maximum absolute atomic E-state index is 12.8. The van der Waals surface area contributed by atoms with Crippen LogP contribution >= 0.6 is 46.5 Å². The van der Waals surface area contributed by atoms with E-state index in [-0.39, 0.29) is 17.1 Å². The van der Waals surface area contributed by atoms with Gasteiger partial charge in [-0.1, -0.05) is 49.0 Å². The van der Waals surface area contributed by atoms with Crippen molar-refractivity contribution in [1.29, 1.82) is 0 Å². The molecule has 1 aliphatic rings. The summed E-state index contributed by atoms with van der Waals surface area (Å²) in [4.78, 5) is 20.0. The molecule has 0 bridgehead atoms. The highest BCUT2D eigenvalue weighted by Gasteiger charge is 2.33. The maximum atomic E-state index is 12.8. The average molecular weight is 533 g/mol. The molecule has 6 nitrogen and oxygen atoms in total. The number of nitrogens with zero attached hydrogens (tertiary/aromatic N) is 4. The molecule has 34 heavy (non-hydrogen) atoms. The van der Waals surface area contributed by atoms with E-state index >= 15 is 0 Å². The summed E-state index contributed by atoms with van der Waals surface area (Å²) < 4.78 is 8.22. The Balaban J connectivity index is 1.55. The van der Waals surface area contributed by atoms with Gasteiger partial charge in [0.1, 0.15) is 4.83 Å². The molecule has 0 amide bonds. The summed E-state index contributed by atoms with van der Waals surface area (Å²) in [7, 11) is 0. The second kappa shape index (κ2) is 9.78. The fourth-order valence-electron chi connectivity index (χ4n) is 3.98. The zero-order chi connectivity index (χ0) is 23.9. The van der Waals surface area contributed by atoms with Gasteiger partial charge in [0, 0.05) is 27.6 Å². The molecule has 0 spiro atoms. The molecular formula is C24H25ClN4O2S3. The van der Waals surface area contributed by atoms with E-state index in [1.165, 1.54) is 22.2 Å². The van der Waals surface area contributed by atoms with E-state index < -0.39 is 0 Å². The van der Waals surface area contributed by atoms with Gasteiger partial charge in [0.15, 0.2) is 21.7 Å². The Labute approximate surface area is 215 Å². The Morgan fingerprint density at radius 1 is 1.21 bits per heavy atom. The zero-order valence-electron chi connectivity index (χ0n) is 19.3. The summed E-state index contributed by atoms with van der Waals surface area (Å²) in [6.07, 6.45) is 2.82. The van der Waals surface area contributed by atoms with Gasteiger partial charge < -0.3 is 4.74 Å². The number of aromatic nitrogens is 4. The van der Waals surface area contributed by atoms with Gasteiger partial charge in [0.25, 0.3) is 0 Å². The number of benzene rings is 1. The Morgan fingerprint density at radius 3 is 2.74 bits per heavy atom. The lowest BCUT2D eigenvalue weighted by atomic mass is 9.90. The molecule has 4 aromatic rings. The molecular weight excluding hydrogens is 508 g/mol. The van der Waals surface area contributed by atoms with Gasteiger partial charge in [-0.2, -0.15) is 0 Å². The number of thioether (sulfide) groups is 2.